The van der Waals surface area contributed by atoms with Gasteiger partial charge < -0.3 is 10.8 Å². The Kier molecular flexibility index (Phi) is 4.30. The largest absolute Gasteiger partial charge is 0.398 e. The molecule has 1 aliphatic rings. The number of nitrogens with one attached hydrogen (secondary N) is 1. The molecule has 112 valence electrons. The number of rotatable bonds is 4. The fourth-order valence-corrected chi connectivity index (χ4v) is 4.68. The number of aliphatic hydroxyl groups excluding tert-OH is 1. The van der Waals surface area contributed by atoms with Gasteiger partial charge in [-0.25, -0.2) is 13.1 Å². The minimum Gasteiger partial charge on any atom is -0.398 e. The van der Waals surface area contributed by atoms with Gasteiger partial charge >= 0.3 is 0 Å². The third-order valence-corrected chi connectivity index (χ3v) is 5.79. The summed E-state index contributed by atoms with van der Waals surface area (Å²) in [6.45, 7) is 1.43. The second-order valence-electron chi connectivity index (χ2n) is 5.37. The van der Waals surface area contributed by atoms with Crippen LogP contribution in [0.15, 0.2) is 17.0 Å². The van der Waals surface area contributed by atoms with E-state index in [2.05, 4.69) is 4.72 Å². The molecule has 0 unspecified atom stereocenters. The van der Waals surface area contributed by atoms with Crippen LogP contribution in [-0.2, 0) is 10.0 Å². The van der Waals surface area contributed by atoms with Crippen LogP contribution in [0.1, 0.15) is 31.2 Å². The number of halogens is 1. The zero-order valence-corrected chi connectivity index (χ0v) is 12.9. The minimum absolute atomic E-state index is 0.0715. The third kappa shape index (κ3) is 2.93. The van der Waals surface area contributed by atoms with Crippen LogP contribution in [0, 0.1) is 6.92 Å². The molecule has 1 fully saturated rings. The van der Waals surface area contributed by atoms with Gasteiger partial charge in [-0.1, -0.05) is 24.4 Å². The highest BCUT2D eigenvalue weighted by Gasteiger charge is 2.38. The second kappa shape index (κ2) is 5.52. The van der Waals surface area contributed by atoms with Gasteiger partial charge in [-0.15, -0.1) is 0 Å². The van der Waals surface area contributed by atoms with Crippen molar-refractivity contribution < 1.29 is 13.5 Å². The lowest BCUT2D eigenvalue weighted by molar-refractivity contribution is 0.185. The Morgan fingerprint density at radius 3 is 2.55 bits per heavy atom. The zero-order valence-electron chi connectivity index (χ0n) is 11.3. The van der Waals surface area contributed by atoms with Gasteiger partial charge in [0.15, 0.2) is 0 Å². The Balaban J connectivity index is 2.41. The molecule has 0 heterocycles. The number of sulfonamides is 1. The van der Waals surface area contributed by atoms with Gasteiger partial charge in [0, 0.05) is 10.7 Å². The smallest absolute Gasteiger partial charge is 0.241 e. The van der Waals surface area contributed by atoms with Crippen LogP contribution >= 0.6 is 11.6 Å². The number of hydrogen-bond donors (Lipinski definition) is 3. The maximum Gasteiger partial charge on any atom is 0.241 e. The highest BCUT2D eigenvalue weighted by atomic mass is 35.5. The van der Waals surface area contributed by atoms with Crippen molar-refractivity contribution in [1.82, 2.24) is 4.72 Å². The quantitative estimate of drug-likeness (QED) is 0.738. The molecule has 1 aromatic rings. The van der Waals surface area contributed by atoms with Crippen molar-refractivity contribution in [2.75, 3.05) is 12.3 Å². The lowest BCUT2D eigenvalue weighted by atomic mass is 10.0. The van der Waals surface area contributed by atoms with E-state index in [0.29, 0.717) is 24.1 Å². The van der Waals surface area contributed by atoms with Crippen molar-refractivity contribution in [1.29, 1.82) is 0 Å². The summed E-state index contributed by atoms with van der Waals surface area (Å²) in [5, 5.41) is 9.80. The summed E-state index contributed by atoms with van der Waals surface area (Å²) in [6, 6.07) is 2.91. The van der Waals surface area contributed by atoms with E-state index in [1.165, 1.54) is 12.1 Å². The van der Waals surface area contributed by atoms with Gasteiger partial charge in [-0.2, -0.15) is 0 Å². The fourth-order valence-electron chi connectivity index (χ4n) is 2.64. The average Bonchev–Trinajstić information content (AvgIpc) is 2.82. The lowest BCUT2D eigenvalue weighted by Gasteiger charge is -2.28. The summed E-state index contributed by atoms with van der Waals surface area (Å²) < 4.78 is 27.7. The SMILES string of the molecule is Cc1c(N)cc(Cl)cc1S(=O)(=O)NC1(CO)CCCC1. The van der Waals surface area contributed by atoms with Gasteiger partial charge in [-0.05, 0) is 37.5 Å². The molecular weight excluding hydrogens is 300 g/mol. The van der Waals surface area contributed by atoms with Crippen molar-refractivity contribution in [3.05, 3.63) is 22.7 Å². The molecule has 0 aliphatic heterocycles. The standard InChI is InChI=1S/C13H19ClN2O3S/c1-9-11(15)6-10(14)7-12(9)20(18,19)16-13(8-17)4-2-3-5-13/h6-7,16-17H,2-5,8,15H2,1H3. The topological polar surface area (TPSA) is 92.4 Å². The highest BCUT2D eigenvalue weighted by Crippen LogP contribution is 2.32. The van der Waals surface area contributed by atoms with E-state index in [1.807, 2.05) is 0 Å². The second-order valence-corrected chi connectivity index (χ2v) is 7.46. The van der Waals surface area contributed by atoms with Crippen LogP contribution < -0.4 is 10.5 Å². The number of benzene rings is 1. The molecule has 1 saturated carbocycles. The molecule has 4 N–H and O–H groups in total. The molecule has 0 atom stereocenters. The van der Waals surface area contributed by atoms with Crippen molar-refractivity contribution in [2.24, 2.45) is 0 Å². The van der Waals surface area contributed by atoms with Gasteiger partial charge in [0.25, 0.3) is 0 Å². The van der Waals surface area contributed by atoms with Gasteiger partial charge in [0.2, 0.25) is 10.0 Å². The predicted molar refractivity (Wildman–Crippen MR) is 79.2 cm³/mol. The van der Waals surface area contributed by atoms with E-state index in [1.54, 1.807) is 6.92 Å². The summed E-state index contributed by atoms with van der Waals surface area (Å²) in [4.78, 5) is 0.0715. The molecule has 1 aliphatic carbocycles. The average molecular weight is 319 g/mol. The number of aliphatic hydroxyl groups is 1. The van der Waals surface area contributed by atoms with Crippen molar-refractivity contribution in [2.45, 2.75) is 43.0 Å². The van der Waals surface area contributed by atoms with Gasteiger partial charge in [0.05, 0.1) is 17.0 Å². The Bertz CT molecular complexity index is 610. The Morgan fingerprint density at radius 1 is 1.40 bits per heavy atom. The van der Waals surface area contributed by atoms with Crippen LogP contribution in [0.5, 0.6) is 0 Å². The molecule has 0 saturated heterocycles. The molecule has 2 rings (SSSR count). The van der Waals surface area contributed by atoms with Gasteiger partial charge in [0.1, 0.15) is 0 Å². The van der Waals surface area contributed by atoms with Crippen LogP contribution in [0.2, 0.25) is 5.02 Å². The molecule has 0 spiro atoms. The molecule has 0 amide bonds. The van der Waals surface area contributed by atoms with E-state index in [0.717, 1.165) is 12.8 Å². The molecule has 1 aromatic carbocycles. The predicted octanol–water partition coefficient (Wildman–Crippen LogP) is 1.81. The number of nitrogens with two attached hydrogens (primary N) is 1. The summed E-state index contributed by atoms with van der Waals surface area (Å²) in [5.74, 6) is 0. The van der Waals surface area contributed by atoms with E-state index >= 15 is 0 Å². The first-order valence-electron chi connectivity index (χ1n) is 6.50. The molecule has 5 nitrogen and oxygen atoms in total. The summed E-state index contributed by atoms with van der Waals surface area (Å²) >= 11 is 5.89. The minimum atomic E-state index is -3.76. The molecule has 0 radical (unpaired) electrons. The Labute approximate surface area is 124 Å². The van der Waals surface area contributed by atoms with Crippen LogP contribution in [0.4, 0.5) is 5.69 Å². The molecule has 20 heavy (non-hydrogen) atoms. The summed E-state index contributed by atoms with van der Waals surface area (Å²) in [7, 11) is -3.76. The number of anilines is 1. The van der Waals surface area contributed by atoms with E-state index in [9.17, 15) is 13.5 Å². The molecule has 0 bridgehead atoms. The van der Waals surface area contributed by atoms with Crippen molar-refractivity contribution in [3.63, 3.8) is 0 Å². The third-order valence-electron chi connectivity index (χ3n) is 3.87. The van der Waals surface area contributed by atoms with E-state index < -0.39 is 15.6 Å². The maximum absolute atomic E-state index is 12.5. The van der Waals surface area contributed by atoms with Crippen LogP contribution in [-0.4, -0.2) is 25.7 Å². The first-order chi connectivity index (χ1) is 9.30. The highest BCUT2D eigenvalue weighted by molar-refractivity contribution is 7.89. The lowest BCUT2D eigenvalue weighted by Crippen LogP contribution is -2.49. The molecule has 0 aromatic heterocycles. The van der Waals surface area contributed by atoms with Crippen LogP contribution in [0.3, 0.4) is 0 Å². The Morgan fingerprint density at radius 2 is 2.00 bits per heavy atom. The van der Waals surface area contributed by atoms with Crippen molar-refractivity contribution >= 4 is 27.3 Å². The molecular formula is C13H19ClN2O3S. The first kappa shape index (κ1) is 15.6. The van der Waals surface area contributed by atoms with E-state index in [4.69, 9.17) is 17.3 Å². The van der Waals surface area contributed by atoms with Gasteiger partial charge in [-0.3, -0.25) is 0 Å². The number of nitrogen functional groups attached to an aromatic ring is 1. The zero-order chi connectivity index (χ0) is 15.0. The van der Waals surface area contributed by atoms with Crippen molar-refractivity contribution in [3.8, 4) is 0 Å². The monoisotopic (exact) mass is 318 g/mol. The Hall–Kier alpha value is -0.820. The summed E-state index contributed by atoms with van der Waals surface area (Å²) in [5.41, 5.74) is 5.81. The normalized spacial score (nSPS) is 18.4. The summed E-state index contributed by atoms with van der Waals surface area (Å²) in [6.07, 6.45) is 3.08. The van der Waals surface area contributed by atoms with E-state index in [-0.39, 0.29) is 16.5 Å². The first-order valence-corrected chi connectivity index (χ1v) is 8.36. The molecule has 7 heteroatoms. The van der Waals surface area contributed by atoms with Crippen LogP contribution in [0.25, 0.3) is 0 Å². The fraction of sp³-hybridized carbons (Fsp3) is 0.538. The maximum atomic E-state index is 12.5. The number of hydrogen-bond acceptors (Lipinski definition) is 4.